The lowest BCUT2D eigenvalue weighted by molar-refractivity contribution is -0.119. The quantitative estimate of drug-likeness (QED) is 0.667. The van der Waals surface area contributed by atoms with Crippen LogP contribution in [0.5, 0.6) is 0 Å². The predicted molar refractivity (Wildman–Crippen MR) is 90.7 cm³/mol. The van der Waals surface area contributed by atoms with Crippen LogP contribution in [0.4, 0.5) is 11.4 Å². The first kappa shape index (κ1) is 20.2. The summed E-state index contributed by atoms with van der Waals surface area (Å²) < 4.78 is 4.96. The fourth-order valence-corrected chi connectivity index (χ4v) is 1.70. The summed E-state index contributed by atoms with van der Waals surface area (Å²) >= 11 is 0. The van der Waals surface area contributed by atoms with Gasteiger partial charge in [-0.1, -0.05) is 6.92 Å². The molecule has 0 fully saturated rings. The van der Waals surface area contributed by atoms with Crippen molar-refractivity contribution in [2.75, 3.05) is 30.3 Å². The largest absolute Gasteiger partial charge is 0.462 e. The minimum Gasteiger partial charge on any atom is -0.462 e. The highest BCUT2D eigenvalue weighted by Gasteiger charge is 2.15. The first-order valence-corrected chi connectivity index (χ1v) is 7.09. The van der Waals surface area contributed by atoms with Crippen molar-refractivity contribution >= 4 is 35.7 Å². The van der Waals surface area contributed by atoms with Gasteiger partial charge < -0.3 is 21.1 Å². The number of rotatable bonds is 7. The van der Waals surface area contributed by atoms with E-state index in [0.29, 0.717) is 24.4 Å². The summed E-state index contributed by atoms with van der Waals surface area (Å²) in [6.07, 6.45) is 0. The van der Waals surface area contributed by atoms with E-state index in [0.717, 1.165) is 5.69 Å². The lowest BCUT2D eigenvalue weighted by atomic mass is 10.1. The summed E-state index contributed by atoms with van der Waals surface area (Å²) in [7, 11) is 0. The van der Waals surface area contributed by atoms with Crippen LogP contribution in [0, 0.1) is 5.92 Å². The number of nitrogens with two attached hydrogens (primary N) is 1. The van der Waals surface area contributed by atoms with Gasteiger partial charge in [-0.05, 0) is 32.0 Å². The molecule has 4 N–H and O–H groups in total. The molecule has 6 nitrogen and oxygen atoms in total. The second kappa shape index (κ2) is 10.0. The molecule has 1 amide bonds. The Bertz CT molecular complexity index is 509. The minimum atomic E-state index is -0.414. The van der Waals surface area contributed by atoms with Gasteiger partial charge in [0.25, 0.3) is 0 Å². The first-order valence-electron chi connectivity index (χ1n) is 7.09. The van der Waals surface area contributed by atoms with E-state index in [1.165, 1.54) is 0 Å². The molecule has 0 radical (unpaired) electrons. The molecule has 22 heavy (non-hydrogen) atoms. The molecule has 1 atom stereocenters. The van der Waals surface area contributed by atoms with Crippen molar-refractivity contribution in [2.45, 2.75) is 20.8 Å². The lowest BCUT2D eigenvalue weighted by Crippen LogP contribution is -2.27. The van der Waals surface area contributed by atoms with Crippen LogP contribution in [0.3, 0.4) is 0 Å². The van der Waals surface area contributed by atoms with E-state index in [1.807, 2.05) is 6.92 Å². The molecule has 0 aromatic heterocycles. The Kier molecular flexibility index (Phi) is 9.21. The van der Waals surface area contributed by atoms with E-state index < -0.39 is 5.97 Å². The van der Waals surface area contributed by atoms with Crippen LogP contribution >= 0.6 is 12.4 Å². The molecule has 1 aromatic carbocycles. The fourth-order valence-electron chi connectivity index (χ4n) is 1.70. The van der Waals surface area contributed by atoms with E-state index in [2.05, 4.69) is 10.6 Å². The third-order valence-corrected chi connectivity index (χ3v) is 2.96. The van der Waals surface area contributed by atoms with Gasteiger partial charge in [-0.2, -0.15) is 0 Å². The van der Waals surface area contributed by atoms with E-state index in [4.69, 9.17) is 10.5 Å². The summed E-state index contributed by atoms with van der Waals surface area (Å²) in [5.74, 6) is -0.897. The van der Waals surface area contributed by atoms with Gasteiger partial charge in [0, 0.05) is 19.0 Å². The molecule has 1 aromatic rings. The molecule has 1 unspecified atom stereocenters. The maximum Gasteiger partial charge on any atom is 0.338 e. The molecule has 0 aliphatic heterocycles. The maximum absolute atomic E-state index is 12.0. The summed E-state index contributed by atoms with van der Waals surface area (Å²) in [5.41, 5.74) is 7.19. The lowest BCUT2D eigenvalue weighted by Gasteiger charge is -2.15. The molecule has 0 heterocycles. The average Bonchev–Trinajstić information content (AvgIpc) is 2.48. The molecular formula is C15H24ClN3O3. The van der Waals surface area contributed by atoms with Crippen molar-refractivity contribution in [1.29, 1.82) is 0 Å². The first-order chi connectivity index (χ1) is 10.0. The van der Waals surface area contributed by atoms with Gasteiger partial charge >= 0.3 is 5.97 Å². The Morgan fingerprint density at radius 3 is 2.50 bits per heavy atom. The van der Waals surface area contributed by atoms with Crippen LogP contribution in [0.1, 0.15) is 31.1 Å². The second-order valence-electron chi connectivity index (χ2n) is 4.64. The molecule has 0 saturated carbocycles. The van der Waals surface area contributed by atoms with Gasteiger partial charge in [-0.3, -0.25) is 4.79 Å². The van der Waals surface area contributed by atoms with Gasteiger partial charge in [-0.15, -0.1) is 12.4 Å². The maximum atomic E-state index is 12.0. The summed E-state index contributed by atoms with van der Waals surface area (Å²) in [6, 6.07) is 5.02. The molecular weight excluding hydrogens is 306 g/mol. The Morgan fingerprint density at radius 2 is 1.95 bits per heavy atom. The number of hydrogen-bond donors (Lipinski definition) is 3. The molecule has 0 aliphatic carbocycles. The van der Waals surface area contributed by atoms with Crippen molar-refractivity contribution < 1.29 is 14.3 Å². The van der Waals surface area contributed by atoms with Crippen LogP contribution in [-0.2, 0) is 9.53 Å². The van der Waals surface area contributed by atoms with Crippen molar-refractivity contribution in [3.63, 3.8) is 0 Å². The predicted octanol–water partition coefficient (Wildman–Crippen LogP) is 2.25. The van der Waals surface area contributed by atoms with Gasteiger partial charge in [0.2, 0.25) is 5.91 Å². The Labute approximate surface area is 137 Å². The summed E-state index contributed by atoms with van der Waals surface area (Å²) in [6.45, 7) is 6.72. The molecule has 0 spiro atoms. The van der Waals surface area contributed by atoms with Crippen LogP contribution < -0.4 is 16.4 Å². The number of amides is 1. The van der Waals surface area contributed by atoms with E-state index in [-0.39, 0.29) is 30.8 Å². The Morgan fingerprint density at radius 1 is 1.27 bits per heavy atom. The minimum absolute atomic E-state index is 0. The third-order valence-electron chi connectivity index (χ3n) is 2.96. The van der Waals surface area contributed by atoms with Crippen molar-refractivity contribution in [1.82, 2.24) is 0 Å². The standard InChI is InChI=1S/C15H23N3O3.ClH/c1-4-17-12-7-6-11(15(20)21-5-2)8-13(12)18-14(19)10(3)9-16;/h6-8,10,17H,4-5,9,16H2,1-3H3,(H,18,19);1H. The summed E-state index contributed by atoms with van der Waals surface area (Å²) in [5, 5.41) is 5.93. The number of nitrogens with one attached hydrogen (secondary N) is 2. The van der Waals surface area contributed by atoms with Crippen LogP contribution in [0.2, 0.25) is 0 Å². The smallest absolute Gasteiger partial charge is 0.338 e. The van der Waals surface area contributed by atoms with Crippen molar-refractivity contribution in [2.24, 2.45) is 11.7 Å². The SMILES string of the molecule is CCNc1ccc(C(=O)OCC)cc1NC(=O)C(C)CN.Cl. The molecule has 0 saturated heterocycles. The molecule has 124 valence electrons. The number of benzene rings is 1. The van der Waals surface area contributed by atoms with E-state index in [1.54, 1.807) is 32.0 Å². The van der Waals surface area contributed by atoms with E-state index >= 15 is 0 Å². The highest BCUT2D eigenvalue weighted by Crippen LogP contribution is 2.24. The van der Waals surface area contributed by atoms with Gasteiger partial charge in [-0.25, -0.2) is 4.79 Å². The highest BCUT2D eigenvalue weighted by atomic mass is 35.5. The number of anilines is 2. The Balaban J connectivity index is 0.00000441. The number of ether oxygens (including phenoxy) is 1. The number of carbonyl (C=O) groups is 2. The third kappa shape index (κ3) is 5.54. The van der Waals surface area contributed by atoms with Crippen LogP contribution in [0.15, 0.2) is 18.2 Å². The van der Waals surface area contributed by atoms with Crippen LogP contribution in [-0.4, -0.2) is 31.6 Å². The van der Waals surface area contributed by atoms with E-state index in [9.17, 15) is 9.59 Å². The zero-order chi connectivity index (χ0) is 15.8. The van der Waals surface area contributed by atoms with Gasteiger partial charge in [0.1, 0.15) is 0 Å². The monoisotopic (exact) mass is 329 g/mol. The molecule has 0 aliphatic rings. The fraction of sp³-hybridized carbons (Fsp3) is 0.467. The van der Waals surface area contributed by atoms with Crippen molar-refractivity contribution in [3.05, 3.63) is 23.8 Å². The zero-order valence-electron chi connectivity index (χ0n) is 13.1. The van der Waals surface area contributed by atoms with Crippen molar-refractivity contribution in [3.8, 4) is 0 Å². The number of halogens is 1. The topological polar surface area (TPSA) is 93.5 Å². The summed E-state index contributed by atoms with van der Waals surface area (Å²) in [4.78, 5) is 23.7. The normalized spacial score (nSPS) is 11.1. The van der Waals surface area contributed by atoms with Crippen LogP contribution in [0.25, 0.3) is 0 Å². The highest BCUT2D eigenvalue weighted by molar-refractivity contribution is 5.98. The van der Waals surface area contributed by atoms with Gasteiger partial charge in [0.15, 0.2) is 0 Å². The molecule has 0 bridgehead atoms. The number of esters is 1. The molecule has 7 heteroatoms. The molecule has 1 rings (SSSR count). The average molecular weight is 330 g/mol. The number of carbonyl (C=O) groups excluding carboxylic acids is 2. The second-order valence-corrected chi connectivity index (χ2v) is 4.64. The zero-order valence-corrected chi connectivity index (χ0v) is 14.0. The number of hydrogen-bond acceptors (Lipinski definition) is 5. The Hall–Kier alpha value is -1.79. The van der Waals surface area contributed by atoms with Gasteiger partial charge in [0.05, 0.1) is 23.5 Å².